The molecule has 2 aromatic rings. The van der Waals surface area contributed by atoms with Crippen molar-refractivity contribution in [1.82, 2.24) is 20.7 Å². The van der Waals surface area contributed by atoms with Crippen molar-refractivity contribution in [2.45, 2.75) is 6.04 Å². The standard InChI is InChI=1S/C21H22ClFN4O2/c22-18-12-15(23)6-7-16(18)20(28)26-8-10-27(11-9-26)21(29)17-13-24-25-19(17)14-4-2-1-3-5-14/h1-7,12,17,19,24-25H,8-11,13H2. The van der Waals surface area contributed by atoms with Crippen molar-refractivity contribution < 1.29 is 14.0 Å². The second kappa shape index (κ2) is 8.49. The maximum Gasteiger partial charge on any atom is 0.255 e. The minimum Gasteiger partial charge on any atom is -0.339 e. The Morgan fingerprint density at radius 2 is 1.69 bits per heavy atom. The number of hydrazine groups is 1. The van der Waals surface area contributed by atoms with E-state index in [0.29, 0.717) is 32.7 Å². The molecule has 29 heavy (non-hydrogen) atoms. The number of nitrogens with one attached hydrogen (secondary N) is 2. The van der Waals surface area contributed by atoms with E-state index < -0.39 is 5.82 Å². The SMILES string of the molecule is O=C(c1ccc(F)cc1Cl)N1CCN(C(=O)C2CNNC2c2ccccc2)CC1. The zero-order valence-corrected chi connectivity index (χ0v) is 16.5. The molecule has 0 aliphatic carbocycles. The van der Waals surface area contributed by atoms with Crippen LogP contribution < -0.4 is 10.9 Å². The first-order valence-corrected chi connectivity index (χ1v) is 9.99. The van der Waals surface area contributed by atoms with Crippen LogP contribution in [0.5, 0.6) is 0 Å². The van der Waals surface area contributed by atoms with Crippen molar-refractivity contribution in [2.24, 2.45) is 5.92 Å². The molecule has 6 nitrogen and oxygen atoms in total. The van der Waals surface area contributed by atoms with Gasteiger partial charge in [-0.05, 0) is 23.8 Å². The van der Waals surface area contributed by atoms with Gasteiger partial charge in [0, 0.05) is 32.7 Å². The van der Waals surface area contributed by atoms with Gasteiger partial charge in [0.1, 0.15) is 5.82 Å². The molecule has 0 bridgehead atoms. The Balaban J connectivity index is 1.39. The molecule has 2 aliphatic rings. The molecule has 0 spiro atoms. The number of amides is 2. The van der Waals surface area contributed by atoms with E-state index in [2.05, 4.69) is 10.9 Å². The van der Waals surface area contributed by atoms with Crippen LogP contribution in [-0.2, 0) is 4.79 Å². The van der Waals surface area contributed by atoms with Gasteiger partial charge in [-0.3, -0.25) is 15.0 Å². The lowest BCUT2D eigenvalue weighted by atomic mass is 9.93. The number of hydrogen-bond acceptors (Lipinski definition) is 4. The summed E-state index contributed by atoms with van der Waals surface area (Å²) in [5.74, 6) is -0.850. The highest BCUT2D eigenvalue weighted by atomic mass is 35.5. The van der Waals surface area contributed by atoms with Crippen LogP contribution in [0, 0.1) is 11.7 Å². The van der Waals surface area contributed by atoms with Gasteiger partial charge in [-0.25, -0.2) is 9.82 Å². The largest absolute Gasteiger partial charge is 0.339 e. The molecule has 152 valence electrons. The van der Waals surface area contributed by atoms with Crippen LogP contribution in [0.2, 0.25) is 5.02 Å². The van der Waals surface area contributed by atoms with Crippen LogP contribution in [0.25, 0.3) is 0 Å². The van der Waals surface area contributed by atoms with E-state index in [1.807, 2.05) is 35.2 Å². The fourth-order valence-corrected chi connectivity index (χ4v) is 4.15. The topological polar surface area (TPSA) is 64.7 Å². The molecule has 8 heteroatoms. The Morgan fingerprint density at radius 1 is 1.00 bits per heavy atom. The van der Waals surface area contributed by atoms with E-state index in [1.54, 1.807) is 4.90 Å². The number of benzene rings is 2. The van der Waals surface area contributed by atoms with E-state index in [9.17, 15) is 14.0 Å². The number of carbonyl (C=O) groups is 2. The molecule has 2 fully saturated rings. The molecule has 2 amide bonds. The van der Waals surface area contributed by atoms with Crippen molar-refractivity contribution >= 4 is 23.4 Å². The first-order valence-electron chi connectivity index (χ1n) is 9.61. The van der Waals surface area contributed by atoms with Gasteiger partial charge in [0.15, 0.2) is 0 Å². The highest BCUT2D eigenvalue weighted by Crippen LogP contribution is 2.27. The molecule has 0 saturated carbocycles. The first kappa shape index (κ1) is 19.8. The predicted molar refractivity (Wildman–Crippen MR) is 108 cm³/mol. The molecular weight excluding hydrogens is 395 g/mol. The summed E-state index contributed by atoms with van der Waals surface area (Å²) in [5, 5.41) is 0.0994. The van der Waals surface area contributed by atoms with E-state index >= 15 is 0 Å². The summed E-state index contributed by atoms with van der Waals surface area (Å²) in [4.78, 5) is 29.3. The van der Waals surface area contributed by atoms with Gasteiger partial charge >= 0.3 is 0 Å². The molecule has 2 unspecified atom stereocenters. The summed E-state index contributed by atoms with van der Waals surface area (Å²) in [6, 6.07) is 13.6. The maximum absolute atomic E-state index is 13.2. The second-order valence-corrected chi connectivity index (χ2v) is 7.67. The third-order valence-electron chi connectivity index (χ3n) is 5.50. The number of nitrogens with zero attached hydrogens (tertiary/aromatic N) is 2. The van der Waals surface area contributed by atoms with Gasteiger partial charge in [0.05, 0.1) is 22.5 Å². The second-order valence-electron chi connectivity index (χ2n) is 7.26. The lowest BCUT2D eigenvalue weighted by Gasteiger charge is -2.36. The van der Waals surface area contributed by atoms with Crippen LogP contribution in [-0.4, -0.2) is 54.3 Å². The molecule has 0 aromatic heterocycles. The Kier molecular flexibility index (Phi) is 5.80. The number of carbonyl (C=O) groups excluding carboxylic acids is 2. The molecule has 4 rings (SSSR count). The Bertz CT molecular complexity index is 903. The lowest BCUT2D eigenvalue weighted by molar-refractivity contribution is -0.137. The quantitative estimate of drug-likeness (QED) is 0.805. The van der Waals surface area contributed by atoms with E-state index in [4.69, 9.17) is 11.6 Å². The van der Waals surface area contributed by atoms with Gasteiger partial charge < -0.3 is 9.80 Å². The third-order valence-corrected chi connectivity index (χ3v) is 5.81. The highest BCUT2D eigenvalue weighted by molar-refractivity contribution is 6.33. The highest BCUT2D eigenvalue weighted by Gasteiger charge is 2.37. The zero-order valence-electron chi connectivity index (χ0n) is 15.8. The summed E-state index contributed by atoms with van der Waals surface area (Å²) >= 11 is 6.02. The summed E-state index contributed by atoms with van der Waals surface area (Å²) < 4.78 is 13.2. The molecule has 2 saturated heterocycles. The van der Waals surface area contributed by atoms with Gasteiger partial charge in [0.25, 0.3) is 5.91 Å². The average Bonchev–Trinajstić information content (AvgIpc) is 3.23. The number of piperazine rings is 1. The smallest absolute Gasteiger partial charge is 0.255 e. The molecular formula is C21H22ClFN4O2. The molecule has 2 heterocycles. The minimum atomic E-state index is -0.478. The third kappa shape index (κ3) is 4.12. The average molecular weight is 417 g/mol. The maximum atomic E-state index is 13.2. The molecule has 0 radical (unpaired) electrons. The Labute approximate surface area is 173 Å². The molecule has 2 N–H and O–H groups in total. The van der Waals surface area contributed by atoms with Gasteiger partial charge in [0.2, 0.25) is 5.91 Å². The lowest BCUT2D eigenvalue weighted by Crippen LogP contribution is -2.52. The van der Waals surface area contributed by atoms with E-state index in [0.717, 1.165) is 11.6 Å². The minimum absolute atomic E-state index is 0.0725. The fraction of sp³-hybridized carbons (Fsp3) is 0.333. The fourth-order valence-electron chi connectivity index (χ4n) is 3.90. The molecule has 2 aromatic carbocycles. The summed E-state index contributed by atoms with van der Waals surface area (Å²) in [6.45, 7) is 2.31. The van der Waals surface area contributed by atoms with Crippen molar-refractivity contribution in [3.63, 3.8) is 0 Å². The van der Waals surface area contributed by atoms with Crippen molar-refractivity contribution in [3.8, 4) is 0 Å². The van der Waals surface area contributed by atoms with Crippen molar-refractivity contribution in [2.75, 3.05) is 32.7 Å². The normalized spacial score (nSPS) is 22.0. The van der Waals surface area contributed by atoms with E-state index in [1.165, 1.54) is 12.1 Å². The van der Waals surface area contributed by atoms with Gasteiger partial charge in [-0.2, -0.15) is 0 Å². The van der Waals surface area contributed by atoms with Crippen molar-refractivity contribution in [1.29, 1.82) is 0 Å². The summed E-state index contributed by atoms with van der Waals surface area (Å²) in [5.41, 5.74) is 7.63. The summed E-state index contributed by atoms with van der Waals surface area (Å²) in [6.07, 6.45) is 0. The van der Waals surface area contributed by atoms with Crippen LogP contribution >= 0.6 is 11.6 Å². The van der Waals surface area contributed by atoms with Gasteiger partial charge in [-0.15, -0.1) is 0 Å². The Morgan fingerprint density at radius 3 is 2.38 bits per heavy atom. The number of hydrogen-bond donors (Lipinski definition) is 2. The number of rotatable bonds is 3. The molecule has 2 atom stereocenters. The Hall–Kier alpha value is -2.48. The van der Waals surface area contributed by atoms with E-state index in [-0.39, 0.29) is 34.4 Å². The predicted octanol–water partition coefficient (Wildman–Crippen LogP) is 2.23. The van der Waals surface area contributed by atoms with Crippen LogP contribution in [0.4, 0.5) is 4.39 Å². The number of halogens is 2. The van der Waals surface area contributed by atoms with Crippen molar-refractivity contribution in [3.05, 3.63) is 70.5 Å². The summed E-state index contributed by atoms with van der Waals surface area (Å²) in [7, 11) is 0. The van der Waals surface area contributed by atoms with Crippen LogP contribution in [0.15, 0.2) is 48.5 Å². The van der Waals surface area contributed by atoms with Crippen LogP contribution in [0.1, 0.15) is 22.0 Å². The van der Waals surface area contributed by atoms with Gasteiger partial charge in [-0.1, -0.05) is 41.9 Å². The zero-order chi connectivity index (χ0) is 20.4. The van der Waals surface area contributed by atoms with Crippen LogP contribution in [0.3, 0.4) is 0 Å². The first-order chi connectivity index (χ1) is 14.0. The monoisotopic (exact) mass is 416 g/mol. The molecule has 2 aliphatic heterocycles.